The average Bonchev–Trinajstić information content (AvgIpc) is 3.32. The second-order valence-corrected chi connectivity index (χ2v) is 20.3. The van der Waals surface area contributed by atoms with Crippen LogP contribution in [0, 0.1) is 0 Å². The summed E-state index contributed by atoms with van der Waals surface area (Å²) < 4.78 is 5.49. The van der Waals surface area contributed by atoms with Crippen molar-refractivity contribution >= 4 is 11.9 Å². The molecule has 0 heterocycles. The summed E-state index contributed by atoms with van der Waals surface area (Å²) in [5.74, 6) is -0.0294. The van der Waals surface area contributed by atoms with E-state index in [1.54, 1.807) is 0 Å². The number of hydrogen-bond acceptors (Lipinski definition) is 5. The molecule has 0 aliphatic heterocycles. The molecule has 0 fully saturated rings. The maximum atomic E-state index is 12.4. The van der Waals surface area contributed by atoms with Gasteiger partial charge in [-0.05, 0) is 57.8 Å². The normalized spacial score (nSPS) is 12.7. The smallest absolute Gasteiger partial charge is 0.305 e. The first-order valence-corrected chi connectivity index (χ1v) is 29.6. The third-order valence-corrected chi connectivity index (χ3v) is 13.8. The van der Waals surface area contributed by atoms with Gasteiger partial charge < -0.3 is 20.3 Å². The molecule has 0 saturated heterocycles. The van der Waals surface area contributed by atoms with Crippen LogP contribution in [0.5, 0.6) is 0 Å². The second kappa shape index (κ2) is 55.9. The van der Waals surface area contributed by atoms with E-state index in [0.29, 0.717) is 25.9 Å². The van der Waals surface area contributed by atoms with Crippen LogP contribution < -0.4 is 5.32 Å². The van der Waals surface area contributed by atoms with Crippen LogP contribution in [0.1, 0.15) is 322 Å². The Kier molecular flexibility index (Phi) is 54.5. The summed E-state index contributed by atoms with van der Waals surface area (Å²) in [5.41, 5.74) is 0. The second-order valence-electron chi connectivity index (χ2n) is 20.3. The molecule has 6 nitrogen and oxygen atoms in total. The average molecular weight is 931 g/mol. The summed E-state index contributed by atoms with van der Waals surface area (Å²) in [7, 11) is 0. The molecule has 0 saturated carbocycles. The number of unbranched alkanes of at least 4 members (excludes halogenated alkanes) is 40. The molecular formula is C60H115NO5. The zero-order valence-electron chi connectivity index (χ0n) is 44.4. The fraction of sp³-hybridized carbons (Fsp3) is 0.900. The highest BCUT2D eigenvalue weighted by Crippen LogP contribution is 2.17. The zero-order chi connectivity index (χ0) is 47.9. The predicted molar refractivity (Wildman–Crippen MR) is 287 cm³/mol. The van der Waals surface area contributed by atoms with E-state index < -0.39 is 12.1 Å². The van der Waals surface area contributed by atoms with Crippen molar-refractivity contribution in [3.05, 3.63) is 24.3 Å². The van der Waals surface area contributed by atoms with E-state index in [0.717, 1.165) is 51.4 Å². The third kappa shape index (κ3) is 51.7. The van der Waals surface area contributed by atoms with Crippen LogP contribution in [-0.2, 0) is 14.3 Å². The number of ether oxygens (including phenoxy) is 1. The minimum absolute atomic E-state index is 0.00830. The van der Waals surface area contributed by atoms with Gasteiger partial charge >= 0.3 is 5.97 Å². The molecule has 6 heteroatoms. The molecule has 2 unspecified atom stereocenters. The minimum Gasteiger partial charge on any atom is -0.466 e. The molecule has 0 aromatic rings. The van der Waals surface area contributed by atoms with Crippen molar-refractivity contribution in [1.82, 2.24) is 5.32 Å². The van der Waals surface area contributed by atoms with E-state index >= 15 is 0 Å². The van der Waals surface area contributed by atoms with E-state index in [-0.39, 0.29) is 18.5 Å². The summed E-state index contributed by atoms with van der Waals surface area (Å²) in [6.07, 6.45) is 67.6. The fourth-order valence-corrected chi connectivity index (χ4v) is 9.20. The van der Waals surface area contributed by atoms with Crippen molar-refractivity contribution in [2.45, 2.75) is 334 Å². The van der Waals surface area contributed by atoms with Crippen LogP contribution in [-0.4, -0.2) is 47.4 Å². The number of carbonyl (C=O) groups is 2. The lowest BCUT2D eigenvalue weighted by Crippen LogP contribution is -2.45. The number of aliphatic hydroxyl groups excluding tert-OH is 2. The SMILES string of the molecule is CCCCC/C=C\C/C=C\CCCCCCCCCCCC(=O)OCCCCCCCCCCCCCCCCCCCCCCCC(=O)NC(CO)C(O)CCCCCCCCCCC. The Bertz CT molecular complexity index is 1030. The van der Waals surface area contributed by atoms with Crippen molar-refractivity contribution in [1.29, 1.82) is 0 Å². The van der Waals surface area contributed by atoms with E-state index in [1.807, 2.05) is 0 Å². The molecule has 1 amide bonds. The van der Waals surface area contributed by atoms with Crippen LogP contribution >= 0.6 is 0 Å². The van der Waals surface area contributed by atoms with Gasteiger partial charge in [-0.2, -0.15) is 0 Å². The number of rotatable bonds is 55. The molecule has 0 aliphatic rings. The Morgan fingerprint density at radius 1 is 0.424 bits per heavy atom. The first kappa shape index (κ1) is 64.3. The number of esters is 1. The highest BCUT2D eigenvalue weighted by molar-refractivity contribution is 5.76. The summed E-state index contributed by atoms with van der Waals surface area (Å²) in [5, 5.41) is 23.1. The van der Waals surface area contributed by atoms with Crippen molar-refractivity contribution in [2.24, 2.45) is 0 Å². The van der Waals surface area contributed by atoms with E-state index in [2.05, 4.69) is 43.5 Å². The lowest BCUT2D eigenvalue weighted by Gasteiger charge is -2.22. The van der Waals surface area contributed by atoms with Gasteiger partial charge in [0.15, 0.2) is 0 Å². The number of allylic oxidation sites excluding steroid dienone is 4. The largest absolute Gasteiger partial charge is 0.466 e. The Hall–Kier alpha value is -1.66. The first-order chi connectivity index (χ1) is 32.5. The fourth-order valence-electron chi connectivity index (χ4n) is 9.20. The standard InChI is InChI=1S/C60H115NO5/c1-3-5-7-9-11-13-14-15-16-17-21-25-28-31-34-38-42-46-50-54-60(65)66-55-51-47-43-39-35-32-29-26-23-20-18-19-22-24-27-30-33-37-41-45-49-53-59(64)61-57(56-62)58(63)52-48-44-40-36-12-10-8-6-4-2/h11,13,15-16,57-58,62-63H,3-10,12,14,17-56H2,1-2H3,(H,61,64)/b13-11-,16-15-. The van der Waals surface area contributed by atoms with E-state index in [4.69, 9.17) is 4.74 Å². The molecule has 2 atom stereocenters. The number of hydrogen-bond donors (Lipinski definition) is 3. The Labute approximate surface area is 411 Å². The molecule has 390 valence electrons. The summed E-state index contributed by atoms with van der Waals surface area (Å²) in [4.78, 5) is 24.5. The third-order valence-electron chi connectivity index (χ3n) is 13.8. The lowest BCUT2D eigenvalue weighted by molar-refractivity contribution is -0.143. The monoisotopic (exact) mass is 930 g/mol. The van der Waals surface area contributed by atoms with E-state index in [9.17, 15) is 19.8 Å². The van der Waals surface area contributed by atoms with Crippen molar-refractivity contribution in [3.8, 4) is 0 Å². The Morgan fingerprint density at radius 2 is 0.758 bits per heavy atom. The van der Waals surface area contributed by atoms with Gasteiger partial charge in [0, 0.05) is 12.8 Å². The number of carbonyl (C=O) groups excluding carboxylic acids is 2. The van der Waals surface area contributed by atoms with Crippen LogP contribution in [0.4, 0.5) is 0 Å². The van der Waals surface area contributed by atoms with Crippen molar-refractivity contribution in [2.75, 3.05) is 13.2 Å². The maximum Gasteiger partial charge on any atom is 0.305 e. The van der Waals surface area contributed by atoms with Gasteiger partial charge in [0.2, 0.25) is 5.91 Å². The van der Waals surface area contributed by atoms with Gasteiger partial charge in [-0.25, -0.2) is 0 Å². The highest BCUT2D eigenvalue weighted by atomic mass is 16.5. The molecule has 3 N–H and O–H groups in total. The van der Waals surface area contributed by atoms with Crippen LogP contribution in [0.3, 0.4) is 0 Å². The Balaban J connectivity index is 3.34. The molecule has 0 aromatic carbocycles. The van der Waals surface area contributed by atoms with Crippen LogP contribution in [0.2, 0.25) is 0 Å². The number of nitrogens with one attached hydrogen (secondary N) is 1. The van der Waals surface area contributed by atoms with Gasteiger partial charge in [0.25, 0.3) is 0 Å². The van der Waals surface area contributed by atoms with Gasteiger partial charge in [0.05, 0.1) is 25.4 Å². The molecule has 0 bridgehead atoms. The number of amides is 1. The van der Waals surface area contributed by atoms with Crippen molar-refractivity contribution < 1.29 is 24.5 Å². The molecule has 0 rings (SSSR count). The summed E-state index contributed by atoms with van der Waals surface area (Å²) >= 11 is 0. The minimum atomic E-state index is -0.662. The van der Waals surface area contributed by atoms with Gasteiger partial charge in [0.1, 0.15) is 0 Å². The highest BCUT2D eigenvalue weighted by Gasteiger charge is 2.20. The summed E-state index contributed by atoms with van der Waals surface area (Å²) in [6.45, 7) is 4.91. The molecule has 0 radical (unpaired) electrons. The van der Waals surface area contributed by atoms with Crippen LogP contribution in [0.25, 0.3) is 0 Å². The van der Waals surface area contributed by atoms with Crippen molar-refractivity contribution in [3.63, 3.8) is 0 Å². The molecule has 0 spiro atoms. The van der Waals surface area contributed by atoms with Gasteiger partial charge in [-0.15, -0.1) is 0 Å². The van der Waals surface area contributed by atoms with E-state index in [1.165, 1.54) is 238 Å². The quantitative estimate of drug-likeness (QED) is 0.0321. The zero-order valence-corrected chi connectivity index (χ0v) is 44.4. The summed E-state index contributed by atoms with van der Waals surface area (Å²) in [6, 6.07) is -0.540. The first-order valence-electron chi connectivity index (χ1n) is 29.6. The molecule has 66 heavy (non-hydrogen) atoms. The molecule has 0 aliphatic carbocycles. The predicted octanol–water partition coefficient (Wildman–Crippen LogP) is 18.2. The molecular weight excluding hydrogens is 815 g/mol. The number of aliphatic hydroxyl groups is 2. The lowest BCUT2D eigenvalue weighted by atomic mass is 10.0. The molecule has 0 aromatic heterocycles. The maximum absolute atomic E-state index is 12.4. The van der Waals surface area contributed by atoms with Gasteiger partial charge in [-0.3, -0.25) is 9.59 Å². The Morgan fingerprint density at radius 3 is 1.18 bits per heavy atom. The van der Waals surface area contributed by atoms with Gasteiger partial charge in [-0.1, -0.05) is 276 Å². The topological polar surface area (TPSA) is 95.9 Å². The van der Waals surface area contributed by atoms with Crippen LogP contribution in [0.15, 0.2) is 24.3 Å².